The van der Waals surface area contributed by atoms with Crippen LogP contribution >= 0.6 is 0 Å². The molecule has 0 spiro atoms. The smallest absolute Gasteiger partial charge is 0.335 e. The molecule has 0 radical (unpaired) electrons. The van der Waals surface area contributed by atoms with E-state index >= 15 is 0 Å². The van der Waals surface area contributed by atoms with Gasteiger partial charge in [-0.15, -0.1) is 0 Å². The summed E-state index contributed by atoms with van der Waals surface area (Å²) in [6.07, 6.45) is -1.11. The monoisotopic (exact) mass is 296 g/mol. The normalized spacial score (nSPS) is 16.3. The van der Waals surface area contributed by atoms with Gasteiger partial charge in [-0.3, -0.25) is 0 Å². The Morgan fingerprint density at radius 3 is 1.65 bits per heavy atom. The number of rotatable bonds is 8. The van der Waals surface area contributed by atoms with E-state index in [0.717, 1.165) is 19.3 Å². The van der Waals surface area contributed by atoms with Gasteiger partial charge in [0, 0.05) is 0 Å². The van der Waals surface area contributed by atoms with E-state index in [1.54, 1.807) is 0 Å². The van der Waals surface area contributed by atoms with Crippen LogP contribution in [0.1, 0.15) is 39.5 Å². The van der Waals surface area contributed by atoms with Gasteiger partial charge in [0.15, 0.2) is 12.2 Å². The minimum atomic E-state index is -2.27. The van der Waals surface area contributed by atoms with Crippen molar-refractivity contribution in [2.45, 2.75) is 57.3 Å². The van der Waals surface area contributed by atoms with E-state index in [0.29, 0.717) is 6.42 Å². The Bertz CT molecular complexity index is 269. The standard InChI is InChI=1S/C8H18O2.C4H6O6/c1-3-5-6-8(10,4-2)7-9;5-1(3(7)8)2(6)4(9)10/h9-10H,3-7H2,1-2H3;1-2,5-6H,(H,7,8)(H,9,10). The van der Waals surface area contributed by atoms with Crippen molar-refractivity contribution >= 4 is 11.9 Å². The molecule has 8 nitrogen and oxygen atoms in total. The Kier molecular flexibility index (Phi) is 11.1. The number of aliphatic hydroxyl groups is 4. The summed E-state index contributed by atoms with van der Waals surface area (Å²) in [6, 6.07) is 0. The van der Waals surface area contributed by atoms with Crippen molar-refractivity contribution in [1.82, 2.24) is 0 Å². The van der Waals surface area contributed by atoms with Gasteiger partial charge in [-0.05, 0) is 12.8 Å². The summed E-state index contributed by atoms with van der Waals surface area (Å²) in [4.78, 5) is 19.5. The van der Waals surface area contributed by atoms with E-state index in [2.05, 4.69) is 6.92 Å². The number of carbonyl (C=O) groups is 2. The highest BCUT2D eigenvalue weighted by molar-refractivity contribution is 5.83. The first-order chi connectivity index (χ1) is 9.15. The third kappa shape index (κ3) is 8.81. The molecule has 0 aliphatic rings. The van der Waals surface area contributed by atoms with E-state index < -0.39 is 29.7 Å². The van der Waals surface area contributed by atoms with Crippen LogP contribution in [0.25, 0.3) is 0 Å². The molecule has 120 valence electrons. The molecule has 0 aromatic carbocycles. The molecule has 6 N–H and O–H groups in total. The topological polar surface area (TPSA) is 156 Å². The molecule has 20 heavy (non-hydrogen) atoms. The molecule has 0 saturated heterocycles. The Hall–Kier alpha value is -1.22. The highest BCUT2D eigenvalue weighted by Crippen LogP contribution is 2.16. The average molecular weight is 296 g/mol. The number of aliphatic hydroxyl groups excluding tert-OH is 3. The predicted octanol–water partition coefficient (Wildman–Crippen LogP) is -0.813. The SMILES string of the molecule is CCCCC(O)(CC)CO.O=C(O)C(O)C(O)C(=O)O. The minimum Gasteiger partial charge on any atom is -0.479 e. The number of unbranched alkanes of at least 4 members (excludes halogenated alkanes) is 1. The van der Waals surface area contributed by atoms with Gasteiger partial charge < -0.3 is 30.6 Å². The van der Waals surface area contributed by atoms with Gasteiger partial charge >= 0.3 is 11.9 Å². The summed E-state index contributed by atoms with van der Waals surface area (Å²) in [5.74, 6) is -3.54. The predicted molar refractivity (Wildman–Crippen MR) is 69.1 cm³/mol. The maximum Gasteiger partial charge on any atom is 0.335 e. The van der Waals surface area contributed by atoms with E-state index in [-0.39, 0.29) is 6.61 Å². The number of hydrogen-bond donors (Lipinski definition) is 6. The number of carboxylic acids is 2. The molecule has 0 heterocycles. The van der Waals surface area contributed by atoms with Gasteiger partial charge in [0.25, 0.3) is 0 Å². The van der Waals surface area contributed by atoms with Crippen LogP contribution in [-0.4, -0.2) is 67.0 Å². The summed E-state index contributed by atoms with van der Waals surface area (Å²) in [5, 5.41) is 50.8. The van der Waals surface area contributed by atoms with Crippen molar-refractivity contribution in [3.8, 4) is 0 Å². The van der Waals surface area contributed by atoms with Gasteiger partial charge in [0.1, 0.15) is 0 Å². The van der Waals surface area contributed by atoms with Gasteiger partial charge in [-0.25, -0.2) is 9.59 Å². The summed E-state index contributed by atoms with van der Waals surface area (Å²) < 4.78 is 0. The molecule has 0 aromatic rings. The molecule has 8 heteroatoms. The molecule has 0 amide bonds. The van der Waals surface area contributed by atoms with Crippen LogP contribution in [0.5, 0.6) is 0 Å². The zero-order valence-electron chi connectivity index (χ0n) is 11.7. The summed E-state index contributed by atoms with van der Waals surface area (Å²) in [6.45, 7) is 3.86. The molecule has 0 saturated carbocycles. The van der Waals surface area contributed by atoms with Gasteiger partial charge in [-0.1, -0.05) is 26.7 Å². The lowest BCUT2D eigenvalue weighted by atomic mass is 9.95. The zero-order valence-corrected chi connectivity index (χ0v) is 11.7. The lowest BCUT2D eigenvalue weighted by Gasteiger charge is -2.23. The highest BCUT2D eigenvalue weighted by atomic mass is 16.4. The van der Waals surface area contributed by atoms with Crippen molar-refractivity contribution in [2.75, 3.05) is 6.61 Å². The lowest BCUT2D eigenvalue weighted by molar-refractivity contribution is -0.165. The first-order valence-electron chi connectivity index (χ1n) is 6.30. The van der Waals surface area contributed by atoms with E-state index in [1.165, 1.54) is 0 Å². The van der Waals surface area contributed by atoms with Crippen LogP contribution in [0.4, 0.5) is 0 Å². The van der Waals surface area contributed by atoms with Crippen LogP contribution in [0.2, 0.25) is 0 Å². The second-order valence-corrected chi connectivity index (χ2v) is 4.41. The van der Waals surface area contributed by atoms with Gasteiger partial charge in [-0.2, -0.15) is 0 Å². The first kappa shape index (κ1) is 21.1. The van der Waals surface area contributed by atoms with Crippen LogP contribution in [0, 0.1) is 0 Å². The Morgan fingerprint density at radius 2 is 1.45 bits per heavy atom. The van der Waals surface area contributed by atoms with E-state index in [4.69, 9.17) is 25.5 Å². The zero-order chi connectivity index (χ0) is 16.3. The maximum absolute atomic E-state index is 9.77. The summed E-state index contributed by atoms with van der Waals surface area (Å²) >= 11 is 0. The Balaban J connectivity index is 0. The van der Waals surface area contributed by atoms with Crippen molar-refractivity contribution in [3.05, 3.63) is 0 Å². The molecule has 3 unspecified atom stereocenters. The largest absolute Gasteiger partial charge is 0.479 e. The van der Waals surface area contributed by atoms with Crippen molar-refractivity contribution in [1.29, 1.82) is 0 Å². The molecule has 0 aliphatic heterocycles. The highest BCUT2D eigenvalue weighted by Gasteiger charge is 2.29. The number of carboxylic acid groups (broad SMARTS) is 2. The molecule has 0 aliphatic carbocycles. The average Bonchev–Trinajstić information content (AvgIpc) is 2.43. The minimum absolute atomic E-state index is 0.108. The van der Waals surface area contributed by atoms with E-state index in [9.17, 15) is 14.7 Å². The lowest BCUT2D eigenvalue weighted by Crippen LogP contribution is -2.39. The molecule has 0 aromatic heterocycles. The molecular formula is C12H24O8. The van der Waals surface area contributed by atoms with Crippen LogP contribution < -0.4 is 0 Å². The van der Waals surface area contributed by atoms with Crippen molar-refractivity contribution < 1.29 is 40.2 Å². The second-order valence-electron chi connectivity index (χ2n) is 4.41. The van der Waals surface area contributed by atoms with Crippen LogP contribution in [0.3, 0.4) is 0 Å². The second kappa shape index (κ2) is 10.6. The molecular weight excluding hydrogens is 272 g/mol. The molecule has 3 atom stereocenters. The number of aliphatic carboxylic acids is 2. The molecule has 0 fully saturated rings. The van der Waals surface area contributed by atoms with Crippen LogP contribution in [0.15, 0.2) is 0 Å². The summed E-state index contributed by atoms with van der Waals surface area (Å²) in [5.41, 5.74) is -0.810. The van der Waals surface area contributed by atoms with Gasteiger partial charge in [0.2, 0.25) is 0 Å². The fourth-order valence-electron chi connectivity index (χ4n) is 1.14. The maximum atomic E-state index is 9.77. The van der Waals surface area contributed by atoms with Gasteiger partial charge in [0.05, 0.1) is 12.2 Å². The quantitative estimate of drug-likeness (QED) is 0.339. The molecule has 0 rings (SSSR count). The third-order valence-electron chi connectivity index (χ3n) is 2.75. The number of hydrogen-bond acceptors (Lipinski definition) is 6. The molecule has 0 bridgehead atoms. The Labute approximate surface area is 117 Å². The van der Waals surface area contributed by atoms with Crippen molar-refractivity contribution in [2.24, 2.45) is 0 Å². The Morgan fingerprint density at radius 1 is 1.05 bits per heavy atom. The first-order valence-corrected chi connectivity index (χ1v) is 6.30. The fraction of sp³-hybridized carbons (Fsp3) is 0.833. The summed E-state index contributed by atoms with van der Waals surface area (Å²) in [7, 11) is 0. The van der Waals surface area contributed by atoms with Crippen molar-refractivity contribution in [3.63, 3.8) is 0 Å². The van der Waals surface area contributed by atoms with E-state index in [1.807, 2.05) is 6.92 Å². The van der Waals surface area contributed by atoms with Crippen LogP contribution in [-0.2, 0) is 9.59 Å². The third-order valence-corrected chi connectivity index (χ3v) is 2.75. The fourth-order valence-corrected chi connectivity index (χ4v) is 1.14.